The Bertz CT molecular complexity index is 1350. The van der Waals surface area contributed by atoms with Gasteiger partial charge in [0, 0.05) is 16.8 Å². The maximum atomic E-state index is 12.5. The zero-order valence-corrected chi connectivity index (χ0v) is 20.2. The van der Waals surface area contributed by atoms with E-state index in [1.165, 1.54) is 19.8 Å². The number of methoxy groups -OCH3 is 2. The molecule has 174 valence electrons. The zero-order chi connectivity index (χ0) is 24.2. The number of carbonyl (C=O) groups excluding carboxylic acids is 1. The van der Waals surface area contributed by atoms with Gasteiger partial charge in [0.05, 0.1) is 14.2 Å². The van der Waals surface area contributed by atoms with Crippen LogP contribution in [0.2, 0.25) is 0 Å². The summed E-state index contributed by atoms with van der Waals surface area (Å²) in [7, 11) is 3.05. The fourth-order valence-electron chi connectivity index (χ4n) is 3.44. The van der Waals surface area contributed by atoms with Crippen molar-refractivity contribution in [2.75, 3.05) is 19.5 Å². The van der Waals surface area contributed by atoms with Crippen molar-refractivity contribution in [3.8, 4) is 23.0 Å². The van der Waals surface area contributed by atoms with Crippen molar-refractivity contribution in [3.05, 3.63) is 71.8 Å². The number of benzene rings is 3. The summed E-state index contributed by atoms with van der Waals surface area (Å²) < 4.78 is 16.4. The summed E-state index contributed by atoms with van der Waals surface area (Å²) in [4.78, 5) is 17.2. The van der Waals surface area contributed by atoms with E-state index in [1.807, 2.05) is 30.3 Å². The second-order valence-corrected chi connectivity index (χ2v) is 8.36. The van der Waals surface area contributed by atoms with E-state index in [1.54, 1.807) is 18.2 Å². The third-order valence-electron chi connectivity index (χ3n) is 5.34. The highest BCUT2D eigenvalue weighted by atomic mass is 32.1. The lowest BCUT2D eigenvalue weighted by atomic mass is 10.0. The van der Waals surface area contributed by atoms with Crippen molar-refractivity contribution < 1.29 is 18.7 Å². The highest BCUT2D eigenvalue weighted by Gasteiger charge is 2.13. The monoisotopic (exact) mass is 475 g/mol. The molecule has 1 heterocycles. The van der Waals surface area contributed by atoms with Crippen LogP contribution in [0.5, 0.6) is 11.5 Å². The maximum Gasteiger partial charge on any atom is 0.257 e. The Morgan fingerprint density at radius 3 is 2.38 bits per heavy atom. The number of fused-ring (bicyclic) bond motifs is 1. The van der Waals surface area contributed by atoms with Crippen LogP contribution < -0.4 is 20.1 Å². The number of amides is 1. The van der Waals surface area contributed by atoms with Gasteiger partial charge in [0.15, 0.2) is 22.2 Å². The molecule has 0 aliphatic carbocycles. The second-order valence-electron chi connectivity index (χ2n) is 7.96. The highest BCUT2D eigenvalue weighted by Crippen LogP contribution is 2.28. The molecule has 1 amide bonds. The second kappa shape index (κ2) is 9.93. The van der Waals surface area contributed by atoms with Crippen LogP contribution in [0.25, 0.3) is 22.6 Å². The molecule has 8 heteroatoms. The van der Waals surface area contributed by atoms with E-state index in [4.69, 9.17) is 26.1 Å². The van der Waals surface area contributed by atoms with Crippen molar-refractivity contribution in [2.45, 2.75) is 19.8 Å². The molecule has 3 aromatic carbocycles. The Kier molecular flexibility index (Phi) is 6.79. The Balaban J connectivity index is 1.42. The first-order valence-corrected chi connectivity index (χ1v) is 11.1. The summed E-state index contributed by atoms with van der Waals surface area (Å²) in [5, 5.41) is 5.85. The molecule has 4 rings (SSSR count). The van der Waals surface area contributed by atoms with Crippen LogP contribution >= 0.6 is 12.2 Å². The van der Waals surface area contributed by atoms with Crippen LogP contribution in [-0.2, 0) is 0 Å². The van der Waals surface area contributed by atoms with Gasteiger partial charge in [0.25, 0.3) is 5.91 Å². The minimum atomic E-state index is -0.359. The summed E-state index contributed by atoms with van der Waals surface area (Å²) in [5.74, 6) is 1.61. The van der Waals surface area contributed by atoms with Crippen LogP contribution in [0.3, 0.4) is 0 Å². The van der Waals surface area contributed by atoms with E-state index in [-0.39, 0.29) is 11.0 Å². The quantitative estimate of drug-likeness (QED) is 0.343. The lowest BCUT2D eigenvalue weighted by Crippen LogP contribution is -2.34. The third kappa shape index (κ3) is 5.02. The molecule has 1 aromatic heterocycles. The van der Waals surface area contributed by atoms with Crippen molar-refractivity contribution in [3.63, 3.8) is 0 Å². The topological polar surface area (TPSA) is 85.6 Å². The summed E-state index contributed by atoms with van der Waals surface area (Å²) >= 11 is 5.30. The van der Waals surface area contributed by atoms with Crippen molar-refractivity contribution in [1.82, 2.24) is 10.3 Å². The number of hydrogen-bond acceptors (Lipinski definition) is 6. The van der Waals surface area contributed by atoms with Gasteiger partial charge >= 0.3 is 0 Å². The molecule has 0 bridgehead atoms. The molecule has 2 N–H and O–H groups in total. The van der Waals surface area contributed by atoms with Gasteiger partial charge in [-0.15, -0.1) is 0 Å². The maximum absolute atomic E-state index is 12.5. The fraction of sp³-hybridized carbons (Fsp3) is 0.192. The summed E-state index contributed by atoms with van der Waals surface area (Å²) in [5.41, 5.74) is 4.76. The molecule has 0 saturated carbocycles. The molecule has 0 aliphatic rings. The smallest absolute Gasteiger partial charge is 0.257 e. The lowest BCUT2D eigenvalue weighted by molar-refractivity contribution is 0.0977. The van der Waals surface area contributed by atoms with E-state index in [0.717, 1.165) is 22.4 Å². The minimum absolute atomic E-state index is 0.176. The van der Waals surface area contributed by atoms with Crippen LogP contribution in [0, 0.1) is 0 Å². The van der Waals surface area contributed by atoms with Crippen LogP contribution in [0.1, 0.15) is 35.7 Å². The molecular formula is C26H25N3O4S. The average molecular weight is 476 g/mol. The number of rotatable bonds is 6. The van der Waals surface area contributed by atoms with Gasteiger partial charge in [-0.2, -0.15) is 0 Å². The largest absolute Gasteiger partial charge is 0.493 e. The molecule has 0 spiro atoms. The van der Waals surface area contributed by atoms with Crippen LogP contribution in [0.4, 0.5) is 5.69 Å². The van der Waals surface area contributed by atoms with E-state index < -0.39 is 0 Å². The Labute approximate surface area is 203 Å². The Hall–Kier alpha value is -3.91. The molecule has 0 fully saturated rings. The number of thiocarbonyl (C=S) groups is 1. The SMILES string of the molecule is COc1ccc(C(=O)NC(=S)Nc2ccc(-c3nc4cc(C(C)C)ccc4o3)cc2)cc1OC. The standard InChI is InChI=1S/C26H25N3O4S/c1-15(2)17-7-11-21-20(13-17)28-25(33-21)16-5-9-19(10-6-16)27-26(34)29-24(30)18-8-12-22(31-3)23(14-18)32-4/h5-15H,1-4H3,(H2,27,29,30,34). The number of hydrogen-bond donors (Lipinski definition) is 2. The van der Waals surface area contributed by atoms with Crippen molar-refractivity contribution in [1.29, 1.82) is 0 Å². The number of carbonyl (C=O) groups is 1. The van der Waals surface area contributed by atoms with Gasteiger partial charge in [0.1, 0.15) is 5.52 Å². The van der Waals surface area contributed by atoms with Gasteiger partial charge in [-0.3, -0.25) is 10.1 Å². The van der Waals surface area contributed by atoms with Crippen LogP contribution in [0.15, 0.2) is 65.1 Å². The van der Waals surface area contributed by atoms with Crippen LogP contribution in [-0.4, -0.2) is 30.2 Å². The number of ether oxygens (including phenoxy) is 2. The molecule has 7 nitrogen and oxygen atoms in total. The predicted octanol–water partition coefficient (Wildman–Crippen LogP) is 5.76. The normalized spacial score (nSPS) is 10.9. The summed E-state index contributed by atoms with van der Waals surface area (Å²) in [6.45, 7) is 4.29. The first-order valence-electron chi connectivity index (χ1n) is 10.7. The molecule has 0 saturated heterocycles. The molecule has 0 radical (unpaired) electrons. The van der Waals surface area contributed by atoms with E-state index in [9.17, 15) is 4.79 Å². The third-order valence-corrected chi connectivity index (χ3v) is 5.54. The van der Waals surface area contributed by atoms with Gasteiger partial charge in [-0.05, 0) is 78.3 Å². The number of nitrogens with one attached hydrogen (secondary N) is 2. The van der Waals surface area contributed by atoms with Crippen molar-refractivity contribution in [2.24, 2.45) is 0 Å². The van der Waals surface area contributed by atoms with E-state index in [2.05, 4.69) is 41.6 Å². The van der Waals surface area contributed by atoms with Gasteiger partial charge in [-0.1, -0.05) is 19.9 Å². The zero-order valence-electron chi connectivity index (χ0n) is 19.3. The molecule has 4 aromatic rings. The molecule has 34 heavy (non-hydrogen) atoms. The van der Waals surface area contributed by atoms with E-state index in [0.29, 0.717) is 28.9 Å². The summed E-state index contributed by atoms with van der Waals surface area (Å²) in [6.07, 6.45) is 0. The Morgan fingerprint density at radius 1 is 0.971 bits per heavy atom. The van der Waals surface area contributed by atoms with Gasteiger partial charge in [-0.25, -0.2) is 4.98 Å². The first kappa shape index (κ1) is 23.3. The molecular weight excluding hydrogens is 450 g/mol. The van der Waals surface area contributed by atoms with E-state index >= 15 is 0 Å². The Morgan fingerprint density at radius 2 is 1.71 bits per heavy atom. The highest BCUT2D eigenvalue weighted by molar-refractivity contribution is 7.80. The number of aromatic nitrogens is 1. The number of anilines is 1. The first-order chi connectivity index (χ1) is 16.4. The molecule has 0 aliphatic heterocycles. The predicted molar refractivity (Wildman–Crippen MR) is 137 cm³/mol. The van der Waals surface area contributed by atoms with Gasteiger partial charge < -0.3 is 19.2 Å². The van der Waals surface area contributed by atoms with Gasteiger partial charge in [0.2, 0.25) is 5.89 Å². The summed E-state index contributed by atoms with van der Waals surface area (Å²) in [6, 6.07) is 18.4. The fourth-order valence-corrected chi connectivity index (χ4v) is 3.65. The minimum Gasteiger partial charge on any atom is -0.493 e. The average Bonchev–Trinajstić information content (AvgIpc) is 3.27. The number of nitrogens with zero attached hydrogens (tertiary/aromatic N) is 1. The number of oxazole rings is 1. The molecule has 0 atom stereocenters. The lowest BCUT2D eigenvalue weighted by Gasteiger charge is -2.12. The molecule has 0 unspecified atom stereocenters. The van der Waals surface area contributed by atoms with Crippen molar-refractivity contribution >= 4 is 40.0 Å².